The molecule has 3 aromatic rings. The molecular weight excluding hydrogens is 450 g/mol. The Balaban J connectivity index is 1.58. The number of benzene rings is 2. The van der Waals surface area contributed by atoms with E-state index in [0.29, 0.717) is 18.3 Å². The molecule has 1 amide bonds. The van der Waals surface area contributed by atoms with Crippen molar-refractivity contribution in [1.29, 1.82) is 0 Å². The van der Waals surface area contributed by atoms with Crippen LogP contribution in [0.25, 0.3) is 11.3 Å². The van der Waals surface area contributed by atoms with Crippen molar-refractivity contribution in [1.82, 2.24) is 9.29 Å². The van der Waals surface area contributed by atoms with Gasteiger partial charge in [0.1, 0.15) is 5.75 Å². The second kappa shape index (κ2) is 9.37. The highest BCUT2D eigenvalue weighted by molar-refractivity contribution is 7.89. The quantitative estimate of drug-likeness (QED) is 0.589. The third-order valence-electron chi connectivity index (χ3n) is 5.10. The van der Waals surface area contributed by atoms with Crippen LogP contribution < -0.4 is 10.1 Å². The number of carbonyl (C=O) groups excluding carboxylic acids is 1. The summed E-state index contributed by atoms with van der Waals surface area (Å²) >= 11 is 1.29. The Morgan fingerprint density at radius 1 is 1.16 bits per heavy atom. The maximum absolute atomic E-state index is 13.0. The second-order valence-electron chi connectivity index (χ2n) is 7.24. The van der Waals surface area contributed by atoms with Crippen LogP contribution in [0.4, 0.5) is 5.13 Å². The normalized spacial score (nSPS) is 14.8. The molecule has 1 aliphatic heterocycles. The van der Waals surface area contributed by atoms with Crippen molar-refractivity contribution < 1.29 is 22.7 Å². The number of aryl methyl sites for hydroxylation is 1. The van der Waals surface area contributed by atoms with E-state index in [2.05, 4.69) is 10.3 Å². The maximum atomic E-state index is 13.0. The van der Waals surface area contributed by atoms with Gasteiger partial charge in [-0.3, -0.25) is 10.1 Å². The molecule has 0 aliphatic carbocycles. The summed E-state index contributed by atoms with van der Waals surface area (Å²) in [5.41, 5.74) is 2.97. The number of hydrogen-bond donors (Lipinski definition) is 1. The smallest absolute Gasteiger partial charge is 0.261 e. The summed E-state index contributed by atoms with van der Waals surface area (Å²) in [5.74, 6) is -0.218. The fraction of sp³-hybridized carbons (Fsp3) is 0.273. The standard InChI is InChI=1S/C22H23N3O5S2/c1-15-3-5-16(6-4-15)19-14-31-22(23-19)24-21(26)18-13-17(7-8-20(18)29-2)32(27,28)25-9-11-30-12-10-25/h3-8,13-14H,9-12H2,1-2H3,(H,23,24,26). The van der Waals surface area contributed by atoms with Gasteiger partial charge in [0.25, 0.3) is 5.91 Å². The lowest BCUT2D eigenvalue weighted by atomic mass is 10.1. The summed E-state index contributed by atoms with van der Waals surface area (Å²) in [6.07, 6.45) is 0. The van der Waals surface area contributed by atoms with Gasteiger partial charge in [-0.1, -0.05) is 29.8 Å². The molecule has 168 valence electrons. The average molecular weight is 474 g/mol. The molecule has 0 radical (unpaired) electrons. The molecule has 0 bridgehead atoms. The zero-order chi connectivity index (χ0) is 22.7. The van der Waals surface area contributed by atoms with E-state index in [1.165, 1.54) is 41.0 Å². The first-order chi connectivity index (χ1) is 15.4. The van der Waals surface area contributed by atoms with Crippen LogP contribution in [0.2, 0.25) is 0 Å². The lowest BCUT2D eigenvalue weighted by Crippen LogP contribution is -2.40. The molecule has 0 atom stereocenters. The minimum absolute atomic E-state index is 0.0323. The van der Waals surface area contributed by atoms with Gasteiger partial charge < -0.3 is 9.47 Å². The topological polar surface area (TPSA) is 97.8 Å². The number of nitrogens with one attached hydrogen (secondary N) is 1. The molecule has 1 aromatic heterocycles. The molecule has 0 unspecified atom stereocenters. The number of morpholine rings is 1. The predicted octanol–water partition coefficient (Wildman–Crippen LogP) is 3.40. The van der Waals surface area contributed by atoms with E-state index in [0.717, 1.165) is 16.8 Å². The van der Waals surface area contributed by atoms with Crippen molar-refractivity contribution in [3.63, 3.8) is 0 Å². The molecule has 10 heteroatoms. The third kappa shape index (κ3) is 4.68. The van der Waals surface area contributed by atoms with Crippen molar-refractivity contribution >= 4 is 32.4 Å². The minimum Gasteiger partial charge on any atom is -0.496 e. The van der Waals surface area contributed by atoms with Crippen molar-refractivity contribution in [3.8, 4) is 17.0 Å². The Kier molecular flexibility index (Phi) is 6.56. The van der Waals surface area contributed by atoms with Gasteiger partial charge in [0, 0.05) is 24.0 Å². The number of carbonyl (C=O) groups is 1. The molecule has 1 fully saturated rings. The van der Waals surface area contributed by atoms with Crippen molar-refractivity contribution in [2.75, 3.05) is 38.7 Å². The van der Waals surface area contributed by atoms with Gasteiger partial charge in [0.15, 0.2) is 5.13 Å². The molecule has 0 spiro atoms. The molecular formula is C22H23N3O5S2. The van der Waals surface area contributed by atoms with Gasteiger partial charge in [-0.05, 0) is 25.1 Å². The van der Waals surface area contributed by atoms with Crippen molar-refractivity contribution in [2.45, 2.75) is 11.8 Å². The number of amides is 1. The Morgan fingerprint density at radius 3 is 2.56 bits per heavy atom. The summed E-state index contributed by atoms with van der Waals surface area (Å²) in [6, 6.07) is 12.2. The average Bonchev–Trinajstić information content (AvgIpc) is 3.28. The highest BCUT2D eigenvalue weighted by Crippen LogP contribution is 2.28. The zero-order valence-electron chi connectivity index (χ0n) is 17.7. The monoisotopic (exact) mass is 473 g/mol. The molecule has 1 saturated heterocycles. The number of hydrogen-bond acceptors (Lipinski definition) is 7. The SMILES string of the molecule is COc1ccc(S(=O)(=O)N2CCOCC2)cc1C(=O)Nc1nc(-c2ccc(C)cc2)cs1. The predicted molar refractivity (Wildman–Crippen MR) is 123 cm³/mol. The first kappa shape index (κ1) is 22.4. The highest BCUT2D eigenvalue weighted by Gasteiger charge is 2.28. The van der Waals surface area contributed by atoms with Crippen LogP contribution in [0.5, 0.6) is 5.75 Å². The number of methoxy groups -OCH3 is 1. The van der Waals surface area contributed by atoms with Crippen LogP contribution in [0.1, 0.15) is 15.9 Å². The molecule has 1 aliphatic rings. The van der Waals surface area contributed by atoms with E-state index < -0.39 is 15.9 Å². The van der Waals surface area contributed by atoms with Crippen LogP contribution in [0.15, 0.2) is 52.7 Å². The van der Waals surface area contributed by atoms with Gasteiger partial charge in [-0.2, -0.15) is 4.31 Å². The van der Waals surface area contributed by atoms with E-state index in [4.69, 9.17) is 9.47 Å². The number of rotatable bonds is 6. The third-order valence-corrected chi connectivity index (χ3v) is 7.75. The number of aromatic nitrogens is 1. The highest BCUT2D eigenvalue weighted by atomic mass is 32.2. The molecule has 2 aromatic carbocycles. The Morgan fingerprint density at radius 2 is 1.88 bits per heavy atom. The summed E-state index contributed by atoms with van der Waals surface area (Å²) in [4.78, 5) is 17.5. The van der Waals surface area contributed by atoms with E-state index in [9.17, 15) is 13.2 Å². The summed E-state index contributed by atoms with van der Waals surface area (Å²) < 4.78 is 37.9. The number of nitrogens with zero attached hydrogens (tertiary/aromatic N) is 2. The first-order valence-corrected chi connectivity index (χ1v) is 12.3. The summed E-state index contributed by atoms with van der Waals surface area (Å²) in [5, 5.41) is 5.02. The van der Waals surface area contributed by atoms with Gasteiger partial charge in [-0.25, -0.2) is 13.4 Å². The largest absolute Gasteiger partial charge is 0.496 e. The Bertz CT molecular complexity index is 1220. The summed E-state index contributed by atoms with van der Waals surface area (Å²) in [7, 11) is -2.31. The van der Waals surface area contributed by atoms with Crippen LogP contribution in [-0.4, -0.2) is 57.0 Å². The van der Waals surface area contributed by atoms with Crippen LogP contribution in [0, 0.1) is 6.92 Å². The fourth-order valence-electron chi connectivity index (χ4n) is 3.31. The van der Waals surface area contributed by atoms with Crippen LogP contribution in [0.3, 0.4) is 0 Å². The Hall–Kier alpha value is -2.79. The van der Waals surface area contributed by atoms with E-state index in [-0.39, 0.29) is 29.3 Å². The Labute approximate surface area is 190 Å². The van der Waals surface area contributed by atoms with Gasteiger partial charge in [0.2, 0.25) is 10.0 Å². The molecule has 2 heterocycles. The second-order valence-corrected chi connectivity index (χ2v) is 10.0. The molecule has 4 rings (SSSR count). The number of ether oxygens (including phenoxy) is 2. The molecule has 0 saturated carbocycles. The van der Waals surface area contributed by atoms with Crippen molar-refractivity contribution in [3.05, 3.63) is 59.0 Å². The molecule has 32 heavy (non-hydrogen) atoms. The number of sulfonamides is 1. The maximum Gasteiger partial charge on any atom is 0.261 e. The molecule has 1 N–H and O–H groups in total. The molecule has 8 nitrogen and oxygen atoms in total. The van der Waals surface area contributed by atoms with Gasteiger partial charge in [-0.15, -0.1) is 11.3 Å². The first-order valence-electron chi connectivity index (χ1n) is 9.98. The summed E-state index contributed by atoms with van der Waals surface area (Å²) in [6.45, 7) is 3.25. The van der Waals surface area contributed by atoms with E-state index in [1.54, 1.807) is 0 Å². The van der Waals surface area contributed by atoms with Crippen LogP contribution in [-0.2, 0) is 14.8 Å². The van der Waals surface area contributed by atoms with E-state index in [1.807, 2.05) is 36.6 Å². The zero-order valence-corrected chi connectivity index (χ0v) is 19.3. The number of anilines is 1. The van der Waals surface area contributed by atoms with Crippen molar-refractivity contribution in [2.24, 2.45) is 0 Å². The van der Waals surface area contributed by atoms with Gasteiger partial charge >= 0.3 is 0 Å². The van der Waals surface area contributed by atoms with E-state index >= 15 is 0 Å². The lowest BCUT2D eigenvalue weighted by molar-refractivity contribution is 0.0730. The fourth-order valence-corrected chi connectivity index (χ4v) is 5.46. The number of thiazole rings is 1. The van der Waals surface area contributed by atoms with Crippen LogP contribution >= 0.6 is 11.3 Å². The lowest BCUT2D eigenvalue weighted by Gasteiger charge is -2.26. The van der Waals surface area contributed by atoms with Gasteiger partial charge in [0.05, 0.1) is 36.5 Å². The minimum atomic E-state index is -3.75.